The van der Waals surface area contributed by atoms with Crippen molar-refractivity contribution in [2.75, 3.05) is 17.6 Å². The number of hydrogen-bond donors (Lipinski definition) is 1. The molecule has 0 saturated heterocycles. The maximum Gasteiger partial charge on any atom is 0.417 e. The number of hydrogen-bond acceptors (Lipinski definition) is 2. The number of benzene rings is 2. The van der Waals surface area contributed by atoms with Crippen LogP contribution in [0.1, 0.15) is 5.56 Å². The molecular formula is C15H13BrF3NS. The maximum atomic E-state index is 12.8. The number of anilines is 1. The molecule has 0 fully saturated rings. The first kappa shape index (κ1) is 16.2. The lowest BCUT2D eigenvalue weighted by Gasteiger charge is -2.12. The SMILES string of the molecule is FC(F)(F)c1cc(NCCSc2ccccc2)ccc1Br. The number of nitrogens with one attached hydrogen (secondary N) is 1. The molecule has 0 unspecified atom stereocenters. The highest BCUT2D eigenvalue weighted by Gasteiger charge is 2.33. The molecule has 0 aliphatic rings. The molecule has 2 aromatic carbocycles. The lowest BCUT2D eigenvalue weighted by atomic mass is 10.2. The molecule has 21 heavy (non-hydrogen) atoms. The van der Waals surface area contributed by atoms with Crippen molar-refractivity contribution in [3.63, 3.8) is 0 Å². The van der Waals surface area contributed by atoms with Gasteiger partial charge >= 0.3 is 6.18 Å². The van der Waals surface area contributed by atoms with Gasteiger partial charge in [0.15, 0.2) is 0 Å². The number of alkyl halides is 3. The Bertz CT molecular complexity index is 587. The molecule has 0 atom stereocenters. The van der Waals surface area contributed by atoms with Crippen molar-refractivity contribution >= 4 is 33.4 Å². The highest BCUT2D eigenvalue weighted by Crippen LogP contribution is 2.36. The first-order chi connectivity index (χ1) is 9.97. The van der Waals surface area contributed by atoms with Gasteiger partial charge in [0.05, 0.1) is 5.56 Å². The molecule has 0 aliphatic carbocycles. The van der Waals surface area contributed by atoms with Crippen LogP contribution in [0.2, 0.25) is 0 Å². The molecule has 0 aromatic heterocycles. The van der Waals surface area contributed by atoms with Crippen molar-refractivity contribution in [1.82, 2.24) is 0 Å². The van der Waals surface area contributed by atoms with Crippen LogP contribution in [0.4, 0.5) is 18.9 Å². The monoisotopic (exact) mass is 375 g/mol. The van der Waals surface area contributed by atoms with Gasteiger partial charge in [-0.15, -0.1) is 11.8 Å². The maximum absolute atomic E-state index is 12.8. The van der Waals surface area contributed by atoms with Crippen LogP contribution >= 0.6 is 27.7 Å². The van der Waals surface area contributed by atoms with E-state index in [2.05, 4.69) is 21.2 Å². The Morgan fingerprint density at radius 2 is 1.76 bits per heavy atom. The van der Waals surface area contributed by atoms with Crippen LogP contribution in [-0.2, 0) is 6.18 Å². The van der Waals surface area contributed by atoms with Crippen molar-refractivity contribution in [2.45, 2.75) is 11.1 Å². The Morgan fingerprint density at radius 1 is 1.05 bits per heavy atom. The summed E-state index contributed by atoms with van der Waals surface area (Å²) in [4.78, 5) is 1.14. The van der Waals surface area contributed by atoms with E-state index in [0.29, 0.717) is 12.2 Å². The molecule has 0 amide bonds. The lowest BCUT2D eigenvalue weighted by molar-refractivity contribution is -0.138. The van der Waals surface area contributed by atoms with E-state index in [1.807, 2.05) is 30.3 Å². The largest absolute Gasteiger partial charge is 0.417 e. The summed E-state index contributed by atoms with van der Waals surface area (Å²) in [5, 5.41) is 3.01. The molecule has 2 rings (SSSR count). The van der Waals surface area contributed by atoms with E-state index in [1.165, 1.54) is 6.07 Å². The fraction of sp³-hybridized carbons (Fsp3) is 0.200. The van der Waals surface area contributed by atoms with Crippen molar-refractivity contribution in [1.29, 1.82) is 0 Å². The van der Waals surface area contributed by atoms with E-state index >= 15 is 0 Å². The predicted octanol–water partition coefficient (Wildman–Crippen LogP) is 5.67. The van der Waals surface area contributed by atoms with E-state index in [4.69, 9.17) is 0 Å². The summed E-state index contributed by atoms with van der Waals surface area (Å²) in [5.74, 6) is 0.779. The van der Waals surface area contributed by atoms with Crippen LogP contribution in [-0.4, -0.2) is 12.3 Å². The van der Waals surface area contributed by atoms with E-state index in [0.717, 1.165) is 16.7 Å². The van der Waals surface area contributed by atoms with E-state index in [-0.39, 0.29) is 4.47 Å². The van der Waals surface area contributed by atoms with Gasteiger partial charge < -0.3 is 5.32 Å². The first-order valence-electron chi connectivity index (χ1n) is 6.25. The summed E-state index contributed by atoms with van der Waals surface area (Å²) in [6.45, 7) is 0.596. The van der Waals surface area contributed by atoms with Gasteiger partial charge in [0, 0.05) is 27.4 Å². The fourth-order valence-electron chi connectivity index (χ4n) is 1.73. The molecule has 0 heterocycles. The minimum absolute atomic E-state index is 0.0548. The van der Waals surface area contributed by atoms with Crippen LogP contribution in [0.25, 0.3) is 0 Å². The molecule has 0 spiro atoms. The van der Waals surface area contributed by atoms with E-state index in [9.17, 15) is 13.2 Å². The number of rotatable bonds is 5. The zero-order valence-electron chi connectivity index (χ0n) is 11.0. The highest BCUT2D eigenvalue weighted by atomic mass is 79.9. The molecule has 0 radical (unpaired) electrons. The van der Waals surface area contributed by atoms with Crippen molar-refractivity contribution < 1.29 is 13.2 Å². The molecule has 112 valence electrons. The van der Waals surface area contributed by atoms with Crippen LogP contribution < -0.4 is 5.32 Å². The molecule has 1 nitrogen and oxygen atoms in total. The van der Waals surface area contributed by atoms with Gasteiger partial charge in [0.1, 0.15) is 0 Å². The zero-order chi connectivity index (χ0) is 15.3. The van der Waals surface area contributed by atoms with Crippen LogP contribution in [0.15, 0.2) is 57.9 Å². The fourth-order valence-corrected chi connectivity index (χ4v) is 2.99. The summed E-state index contributed by atoms with van der Waals surface area (Å²) in [6.07, 6.45) is -4.35. The topological polar surface area (TPSA) is 12.0 Å². The quantitative estimate of drug-likeness (QED) is 0.533. The van der Waals surface area contributed by atoms with Gasteiger partial charge in [-0.1, -0.05) is 34.1 Å². The Kier molecular flexibility index (Phi) is 5.58. The average Bonchev–Trinajstić information content (AvgIpc) is 2.45. The molecule has 0 bridgehead atoms. The van der Waals surface area contributed by atoms with Gasteiger partial charge in [0.2, 0.25) is 0 Å². The zero-order valence-corrected chi connectivity index (χ0v) is 13.4. The standard InChI is InChI=1S/C15H13BrF3NS/c16-14-7-6-11(10-13(14)15(17,18)19)20-8-9-21-12-4-2-1-3-5-12/h1-7,10,20H,8-9H2. The first-order valence-corrected chi connectivity index (χ1v) is 8.03. The molecule has 0 aliphatic heterocycles. The minimum Gasteiger partial charge on any atom is -0.384 e. The van der Waals surface area contributed by atoms with Gasteiger partial charge in [-0.05, 0) is 30.3 Å². The minimum atomic E-state index is -4.35. The second-order valence-electron chi connectivity index (χ2n) is 4.28. The summed E-state index contributed by atoms with van der Waals surface area (Å²) < 4.78 is 38.4. The molecule has 1 N–H and O–H groups in total. The Labute approximate surface area is 134 Å². The Morgan fingerprint density at radius 3 is 2.43 bits per heavy atom. The van der Waals surface area contributed by atoms with Crippen LogP contribution in [0.5, 0.6) is 0 Å². The Hall–Kier alpha value is -1.14. The third kappa shape index (κ3) is 4.97. The number of halogens is 4. The van der Waals surface area contributed by atoms with Gasteiger partial charge in [-0.25, -0.2) is 0 Å². The molecular weight excluding hydrogens is 363 g/mol. The lowest BCUT2D eigenvalue weighted by Crippen LogP contribution is -2.09. The smallest absolute Gasteiger partial charge is 0.384 e. The normalized spacial score (nSPS) is 11.4. The van der Waals surface area contributed by atoms with Crippen molar-refractivity contribution in [2.24, 2.45) is 0 Å². The van der Waals surface area contributed by atoms with Crippen molar-refractivity contribution in [3.8, 4) is 0 Å². The van der Waals surface area contributed by atoms with E-state index in [1.54, 1.807) is 17.8 Å². The number of thioether (sulfide) groups is 1. The summed E-state index contributed by atoms with van der Waals surface area (Å²) in [6, 6.07) is 14.0. The molecule has 6 heteroatoms. The van der Waals surface area contributed by atoms with Crippen LogP contribution in [0, 0.1) is 0 Å². The predicted molar refractivity (Wildman–Crippen MR) is 84.8 cm³/mol. The summed E-state index contributed by atoms with van der Waals surface area (Å²) in [5.41, 5.74) is -0.192. The second-order valence-corrected chi connectivity index (χ2v) is 6.30. The van der Waals surface area contributed by atoms with E-state index < -0.39 is 11.7 Å². The molecule has 2 aromatic rings. The summed E-state index contributed by atoms with van der Waals surface area (Å²) in [7, 11) is 0. The highest BCUT2D eigenvalue weighted by molar-refractivity contribution is 9.10. The van der Waals surface area contributed by atoms with Crippen molar-refractivity contribution in [3.05, 3.63) is 58.6 Å². The van der Waals surface area contributed by atoms with Gasteiger partial charge in [0.25, 0.3) is 0 Å². The van der Waals surface area contributed by atoms with Gasteiger partial charge in [-0.2, -0.15) is 13.2 Å². The average molecular weight is 376 g/mol. The third-order valence-electron chi connectivity index (χ3n) is 2.71. The molecule has 0 saturated carbocycles. The van der Waals surface area contributed by atoms with Crippen LogP contribution in [0.3, 0.4) is 0 Å². The van der Waals surface area contributed by atoms with Gasteiger partial charge in [-0.3, -0.25) is 0 Å². The second kappa shape index (κ2) is 7.22. The Balaban J connectivity index is 1.89. The third-order valence-corrected chi connectivity index (χ3v) is 4.42. The summed E-state index contributed by atoms with van der Waals surface area (Å²) >= 11 is 4.59.